The molecule has 7 heteroatoms. The number of anilines is 1. The van der Waals surface area contributed by atoms with Gasteiger partial charge in [-0.05, 0) is 36.1 Å². The Bertz CT molecular complexity index is 924. The Morgan fingerprint density at radius 1 is 1.28 bits per heavy atom. The fraction of sp³-hybridized carbons (Fsp3) is 0.167. The Hall–Kier alpha value is -2.56. The molecular weight excluding hydrogens is 356 g/mol. The first kappa shape index (κ1) is 17.3. The van der Waals surface area contributed by atoms with Crippen LogP contribution in [0, 0.1) is 18.3 Å². The molecule has 2 heterocycles. The van der Waals surface area contributed by atoms with Crippen LogP contribution < -0.4 is 4.90 Å². The molecule has 0 unspecified atom stereocenters. The molecule has 0 amide bonds. The van der Waals surface area contributed by atoms with Crippen molar-refractivity contribution in [3.05, 3.63) is 56.8 Å². The van der Waals surface area contributed by atoms with E-state index >= 15 is 0 Å². The zero-order valence-electron chi connectivity index (χ0n) is 13.6. The topological polar surface area (TPSA) is 70.4 Å². The molecule has 3 rings (SSSR count). The highest BCUT2D eigenvalue weighted by Gasteiger charge is 2.28. The first-order valence-electron chi connectivity index (χ1n) is 7.42. The number of hydrogen-bond donors (Lipinski definition) is 0. The summed E-state index contributed by atoms with van der Waals surface area (Å²) in [6.07, 6.45) is 0. The van der Waals surface area contributed by atoms with Crippen LogP contribution in [-0.4, -0.2) is 25.4 Å². The summed E-state index contributed by atoms with van der Waals surface area (Å²) in [6, 6.07) is 11.4. The van der Waals surface area contributed by atoms with Gasteiger partial charge in [0.25, 0.3) is 0 Å². The Labute approximate surface area is 153 Å². The van der Waals surface area contributed by atoms with Gasteiger partial charge in [-0.3, -0.25) is 4.79 Å². The van der Waals surface area contributed by atoms with Crippen LogP contribution in [0.2, 0.25) is 0 Å². The number of esters is 1. The van der Waals surface area contributed by atoms with Gasteiger partial charge in [0.15, 0.2) is 6.61 Å². The number of thiophene rings is 1. The number of para-hydroxylation sites is 1. The summed E-state index contributed by atoms with van der Waals surface area (Å²) in [5.74, 6) is -1.05. The van der Waals surface area contributed by atoms with E-state index in [4.69, 9.17) is 4.74 Å². The van der Waals surface area contributed by atoms with E-state index in [1.807, 2.05) is 41.3 Å². The van der Waals surface area contributed by atoms with Crippen molar-refractivity contribution in [1.29, 1.82) is 5.26 Å². The number of hydrogen-bond acceptors (Lipinski definition) is 7. The molecule has 0 aliphatic carbocycles. The molecule has 1 aromatic heterocycles. The fourth-order valence-electron chi connectivity index (χ4n) is 2.40. The van der Waals surface area contributed by atoms with E-state index in [-0.39, 0.29) is 5.57 Å². The first-order valence-corrected chi connectivity index (χ1v) is 9.12. The monoisotopic (exact) mass is 370 g/mol. The SMILES string of the molecule is Cc1ccsc1C(=O)OCC(=O)/C(C#N)=C1\Sc2ccccc2N1C. The summed E-state index contributed by atoms with van der Waals surface area (Å²) in [7, 11) is 1.81. The van der Waals surface area contributed by atoms with Crippen LogP contribution in [-0.2, 0) is 9.53 Å². The van der Waals surface area contributed by atoms with Crippen LogP contribution in [0.4, 0.5) is 5.69 Å². The Morgan fingerprint density at radius 2 is 2.04 bits per heavy atom. The number of thioether (sulfide) groups is 1. The third kappa shape index (κ3) is 3.31. The molecule has 0 saturated carbocycles. The van der Waals surface area contributed by atoms with Crippen molar-refractivity contribution in [2.75, 3.05) is 18.6 Å². The normalized spacial score (nSPS) is 14.7. The summed E-state index contributed by atoms with van der Waals surface area (Å²) < 4.78 is 5.09. The molecule has 0 saturated heterocycles. The van der Waals surface area contributed by atoms with E-state index in [1.54, 1.807) is 19.4 Å². The molecule has 0 radical (unpaired) electrons. The molecule has 0 atom stereocenters. The van der Waals surface area contributed by atoms with E-state index < -0.39 is 18.4 Å². The number of carbonyl (C=O) groups is 2. The van der Waals surface area contributed by atoms with Gasteiger partial charge >= 0.3 is 5.97 Å². The third-order valence-corrected chi connectivity index (χ3v) is 5.96. The predicted molar refractivity (Wildman–Crippen MR) is 97.7 cm³/mol. The Balaban J connectivity index is 1.76. The van der Waals surface area contributed by atoms with Crippen molar-refractivity contribution in [1.82, 2.24) is 0 Å². The van der Waals surface area contributed by atoms with E-state index in [1.165, 1.54) is 23.1 Å². The summed E-state index contributed by atoms with van der Waals surface area (Å²) in [5, 5.41) is 11.8. The van der Waals surface area contributed by atoms with Crippen LogP contribution in [0.15, 0.2) is 51.2 Å². The number of fused-ring (bicyclic) bond motifs is 1. The minimum absolute atomic E-state index is 0.000554. The highest BCUT2D eigenvalue weighted by atomic mass is 32.2. The summed E-state index contributed by atoms with van der Waals surface area (Å²) in [5.41, 5.74) is 1.75. The van der Waals surface area contributed by atoms with E-state index in [2.05, 4.69) is 0 Å². The first-order chi connectivity index (χ1) is 12.0. The lowest BCUT2D eigenvalue weighted by Gasteiger charge is -2.14. The fourth-order valence-corrected chi connectivity index (χ4v) is 4.38. The van der Waals surface area contributed by atoms with Gasteiger partial charge in [0, 0.05) is 11.9 Å². The Kier molecular flexibility index (Phi) is 4.93. The molecule has 25 heavy (non-hydrogen) atoms. The number of ketones is 1. The number of nitriles is 1. The number of ether oxygens (including phenoxy) is 1. The quantitative estimate of drug-likeness (QED) is 0.464. The average Bonchev–Trinajstić information content (AvgIpc) is 3.18. The number of Topliss-reactive ketones (excluding diaryl/α,β-unsaturated/α-hetero) is 1. The number of rotatable bonds is 4. The van der Waals surface area contributed by atoms with Crippen LogP contribution in [0.3, 0.4) is 0 Å². The smallest absolute Gasteiger partial charge is 0.349 e. The second-order valence-electron chi connectivity index (χ2n) is 5.35. The van der Waals surface area contributed by atoms with Gasteiger partial charge in [-0.15, -0.1) is 11.3 Å². The zero-order valence-corrected chi connectivity index (χ0v) is 15.2. The summed E-state index contributed by atoms with van der Waals surface area (Å²) in [4.78, 5) is 27.7. The molecule has 0 fully saturated rings. The van der Waals surface area contributed by atoms with Gasteiger partial charge in [-0.25, -0.2) is 4.79 Å². The zero-order chi connectivity index (χ0) is 18.0. The predicted octanol–water partition coefficient (Wildman–Crippen LogP) is 3.76. The maximum atomic E-state index is 12.4. The van der Waals surface area contributed by atoms with E-state index in [0.717, 1.165) is 16.1 Å². The minimum atomic E-state index is -0.543. The highest BCUT2D eigenvalue weighted by Crippen LogP contribution is 2.46. The van der Waals surface area contributed by atoms with Crippen LogP contribution in [0.5, 0.6) is 0 Å². The number of nitrogens with zero attached hydrogens (tertiary/aromatic N) is 2. The largest absolute Gasteiger partial charge is 0.453 e. The molecule has 126 valence electrons. The van der Waals surface area contributed by atoms with Crippen LogP contribution >= 0.6 is 23.1 Å². The lowest BCUT2D eigenvalue weighted by atomic mass is 10.2. The van der Waals surface area contributed by atoms with Gasteiger partial charge < -0.3 is 9.64 Å². The van der Waals surface area contributed by atoms with E-state index in [0.29, 0.717) is 9.91 Å². The maximum absolute atomic E-state index is 12.4. The minimum Gasteiger partial charge on any atom is -0.453 e. The third-order valence-electron chi connectivity index (χ3n) is 3.72. The van der Waals surface area contributed by atoms with Gasteiger partial charge in [0.2, 0.25) is 5.78 Å². The average molecular weight is 370 g/mol. The summed E-state index contributed by atoms with van der Waals surface area (Å²) in [6.45, 7) is 1.35. The molecule has 0 N–H and O–H groups in total. The summed E-state index contributed by atoms with van der Waals surface area (Å²) >= 11 is 2.63. The van der Waals surface area contributed by atoms with Crippen molar-refractivity contribution >= 4 is 40.5 Å². The lowest BCUT2D eigenvalue weighted by Crippen LogP contribution is -2.20. The van der Waals surface area contributed by atoms with E-state index in [9.17, 15) is 14.9 Å². The van der Waals surface area contributed by atoms with Gasteiger partial charge in [0.1, 0.15) is 21.5 Å². The van der Waals surface area contributed by atoms with Crippen molar-refractivity contribution < 1.29 is 14.3 Å². The second-order valence-corrected chi connectivity index (χ2v) is 7.30. The second kappa shape index (κ2) is 7.13. The van der Waals surface area contributed by atoms with Crippen LogP contribution in [0.25, 0.3) is 0 Å². The number of benzene rings is 1. The lowest BCUT2D eigenvalue weighted by molar-refractivity contribution is -0.118. The molecule has 1 aliphatic rings. The molecule has 1 aromatic carbocycles. The maximum Gasteiger partial charge on any atom is 0.349 e. The van der Waals surface area contributed by atoms with Crippen molar-refractivity contribution in [3.8, 4) is 6.07 Å². The number of aryl methyl sites for hydroxylation is 1. The van der Waals surface area contributed by atoms with Gasteiger partial charge in [-0.1, -0.05) is 23.9 Å². The highest BCUT2D eigenvalue weighted by molar-refractivity contribution is 8.03. The molecule has 2 aromatic rings. The molecule has 1 aliphatic heterocycles. The van der Waals surface area contributed by atoms with Gasteiger partial charge in [-0.2, -0.15) is 5.26 Å². The van der Waals surface area contributed by atoms with Crippen molar-refractivity contribution in [3.63, 3.8) is 0 Å². The van der Waals surface area contributed by atoms with Crippen molar-refractivity contribution in [2.24, 2.45) is 0 Å². The Morgan fingerprint density at radius 3 is 2.68 bits per heavy atom. The van der Waals surface area contributed by atoms with Gasteiger partial charge in [0.05, 0.1) is 5.69 Å². The molecule has 0 spiro atoms. The molecule has 0 bridgehead atoms. The molecular formula is C18H14N2O3S2. The standard InChI is InChI=1S/C18H14N2O3S2/c1-11-7-8-24-16(11)18(22)23-10-14(21)12(9-19)17-20(2)13-5-3-4-6-15(13)25-17/h3-8H,10H2,1-2H3/b17-12-. The van der Waals surface area contributed by atoms with Crippen molar-refractivity contribution in [2.45, 2.75) is 11.8 Å². The van der Waals surface area contributed by atoms with Crippen LogP contribution in [0.1, 0.15) is 15.2 Å². The number of carbonyl (C=O) groups excluding carboxylic acids is 2. The molecule has 5 nitrogen and oxygen atoms in total.